The van der Waals surface area contributed by atoms with Crippen molar-refractivity contribution in [2.75, 3.05) is 13.6 Å². The highest BCUT2D eigenvalue weighted by Gasteiger charge is 2.31. The average molecular weight is 193 g/mol. The third kappa shape index (κ3) is 2.35. The molecule has 7 heteroatoms. The SMILES string of the molecule is CN1CC(NC(=O)C(F)F)C(=O)N1. The molecule has 1 atom stereocenters. The van der Waals surface area contributed by atoms with Crippen LogP contribution < -0.4 is 10.7 Å². The molecule has 1 rings (SSSR count). The molecule has 1 unspecified atom stereocenters. The van der Waals surface area contributed by atoms with Crippen molar-refractivity contribution >= 4 is 11.8 Å². The van der Waals surface area contributed by atoms with Gasteiger partial charge >= 0.3 is 6.43 Å². The van der Waals surface area contributed by atoms with E-state index in [4.69, 9.17) is 0 Å². The third-order valence-corrected chi connectivity index (χ3v) is 1.59. The van der Waals surface area contributed by atoms with Gasteiger partial charge < -0.3 is 5.32 Å². The Morgan fingerprint density at radius 1 is 1.77 bits per heavy atom. The fourth-order valence-electron chi connectivity index (χ4n) is 1.01. The maximum Gasteiger partial charge on any atom is 0.315 e. The van der Waals surface area contributed by atoms with Gasteiger partial charge in [0.05, 0.1) is 0 Å². The maximum absolute atomic E-state index is 11.7. The summed E-state index contributed by atoms with van der Waals surface area (Å²) in [4.78, 5) is 21.4. The molecule has 0 aromatic carbocycles. The first kappa shape index (κ1) is 9.85. The molecule has 0 spiro atoms. The summed E-state index contributed by atoms with van der Waals surface area (Å²) in [5, 5.41) is 3.33. The van der Waals surface area contributed by atoms with Gasteiger partial charge in [-0.2, -0.15) is 8.78 Å². The first-order valence-corrected chi connectivity index (χ1v) is 3.61. The first-order chi connectivity index (χ1) is 6.00. The molecule has 0 saturated carbocycles. The van der Waals surface area contributed by atoms with Crippen LogP contribution in [0.1, 0.15) is 0 Å². The molecule has 1 heterocycles. The Labute approximate surface area is 73.0 Å². The van der Waals surface area contributed by atoms with E-state index in [-0.39, 0.29) is 6.54 Å². The number of nitrogens with one attached hydrogen (secondary N) is 2. The van der Waals surface area contributed by atoms with Crippen LogP contribution in [0.3, 0.4) is 0 Å². The molecule has 0 aromatic rings. The fourth-order valence-corrected chi connectivity index (χ4v) is 1.01. The van der Waals surface area contributed by atoms with Gasteiger partial charge in [-0.3, -0.25) is 15.0 Å². The minimum atomic E-state index is -3.08. The van der Waals surface area contributed by atoms with Crippen molar-refractivity contribution in [1.29, 1.82) is 0 Å². The Kier molecular flexibility index (Phi) is 2.76. The quantitative estimate of drug-likeness (QED) is 0.573. The number of carbonyl (C=O) groups is 2. The lowest BCUT2D eigenvalue weighted by molar-refractivity contribution is -0.134. The monoisotopic (exact) mass is 193 g/mol. The van der Waals surface area contributed by atoms with Gasteiger partial charge in [0.1, 0.15) is 6.04 Å². The van der Waals surface area contributed by atoms with Gasteiger partial charge in [-0.25, -0.2) is 5.01 Å². The van der Waals surface area contributed by atoms with Crippen molar-refractivity contribution < 1.29 is 18.4 Å². The predicted octanol–water partition coefficient (Wildman–Crippen LogP) is -1.29. The highest BCUT2D eigenvalue weighted by atomic mass is 19.3. The lowest BCUT2D eigenvalue weighted by atomic mass is 10.3. The molecule has 5 nitrogen and oxygen atoms in total. The van der Waals surface area contributed by atoms with Gasteiger partial charge in [-0.05, 0) is 0 Å². The normalized spacial score (nSPS) is 23.4. The third-order valence-electron chi connectivity index (χ3n) is 1.59. The number of rotatable bonds is 2. The van der Waals surface area contributed by atoms with Crippen LogP contribution in [0.2, 0.25) is 0 Å². The summed E-state index contributed by atoms with van der Waals surface area (Å²) in [6.45, 7) is 0.192. The molecule has 74 valence electrons. The predicted molar refractivity (Wildman–Crippen MR) is 38.7 cm³/mol. The molecule has 2 amide bonds. The topological polar surface area (TPSA) is 61.4 Å². The molecule has 0 aromatic heterocycles. The van der Waals surface area contributed by atoms with Crippen LogP contribution in [-0.4, -0.2) is 42.9 Å². The molecule has 2 N–H and O–H groups in total. The molecule has 0 bridgehead atoms. The van der Waals surface area contributed by atoms with E-state index in [2.05, 4.69) is 5.43 Å². The Hall–Kier alpha value is -1.24. The second-order valence-corrected chi connectivity index (χ2v) is 2.72. The number of amides is 2. The summed E-state index contributed by atoms with van der Waals surface area (Å²) in [5.41, 5.74) is 2.35. The van der Waals surface area contributed by atoms with Crippen molar-refractivity contribution in [2.24, 2.45) is 0 Å². The smallest absolute Gasteiger partial charge is 0.315 e. The zero-order valence-electron chi connectivity index (χ0n) is 6.88. The zero-order valence-corrected chi connectivity index (χ0v) is 6.88. The Morgan fingerprint density at radius 2 is 2.38 bits per heavy atom. The number of halogens is 2. The number of likely N-dealkylation sites (N-methyl/N-ethyl adjacent to an activating group) is 1. The van der Waals surface area contributed by atoms with Gasteiger partial charge in [0, 0.05) is 13.6 Å². The lowest BCUT2D eigenvalue weighted by Crippen LogP contribution is -2.44. The molecule has 0 radical (unpaired) electrons. The molecule has 1 fully saturated rings. The minimum Gasteiger partial charge on any atom is -0.338 e. The zero-order chi connectivity index (χ0) is 10.0. The second kappa shape index (κ2) is 3.65. The molecule has 1 aliphatic heterocycles. The summed E-state index contributed by atoms with van der Waals surface area (Å²) in [6, 6.07) is -0.883. The van der Waals surface area contributed by atoms with E-state index in [0.717, 1.165) is 0 Å². The summed E-state index contributed by atoms with van der Waals surface area (Å²) < 4.78 is 23.5. The van der Waals surface area contributed by atoms with E-state index in [9.17, 15) is 18.4 Å². The number of hydrogen-bond donors (Lipinski definition) is 2. The van der Waals surface area contributed by atoms with E-state index >= 15 is 0 Å². The van der Waals surface area contributed by atoms with Crippen LogP contribution in [0, 0.1) is 0 Å². The summed E-state index contributed by atoms with van der Waals surface area (Å²) >= 11 is 0. The fraction of sp³-hybridized carbons (Fsp3) is 0.667. The summed E-state index contributed by atoms with van der Waals surface area (Å²) in [7, 11) is 1.58. The van der Waals surface area contributed by atoms with Crippen LogP contribution in [0.15, 0.2) is 0 Å². The van der Waals surface area contributed by atoms with E-state index in [1.807, 2.05) is 5.32 Å². The lowest BCUT2D eigenvalue weighted by Gasteiger charge is -2.08. The van der Waals surface area contributed by atoms with E-state index in [1.54, 1.807) is 7.05 Å². The van der Waals surface area contributed by atoms with Gasteiger partial charge in [0.15, 0.2) is 0 Å². The first-order valence-electron chi connectivity index (χ1n) is 3.61. The van der Waals surface area contributed by atoms with Crippen molar-refractivity contribution in [1.82, 2.24) is 15.8 Å². The molecule has 13 heavy (non-hydrogen) atoms. The Morgan fingerprint density at radius 3 is 2.77 bits per heavy atom. The van der Waals surface area contributed by atoms with Crippen molar-refractivity contribution in [2.45, 2.75) is 12.5 Å². The van der Waals surface area contributed by atoms with Crippen molar-refractivity contribution in [3.63, 3.8) is 0 Å². The van der Waals surface area contributed by atoms with Crippen molar-refractivity contribution in [3.05, 3.63) is 0 Å². The van der Waals surface area contributed by atoms with Crippen LogP contribution in [0.4, 0.5) is 8.78 Å². The van der Waals surface area contributed by atoms with Crippen LogP contribution in [0.25, 0.3) is 0 Å². The number of hydrazine groups is 1. The van der Waals surface area contributed by atoms with E-state index in [1.165, 1.54) is 5.01 Å². The number of alkyl halides is 2. The van der Waals surface area contributed by atoms with Gasteiger partial charge in [0.2, 0.25) is 0 Å². The number of nitrogens with zero attached hydrogens (tertiary/aromatic N) is 1. The van der Waals surface area contributed by atoms with Gasteiger partial charge in [-0.15, -0.1) is 0 Å². The van der Waals surface area contributed by atoms with Gasteiger partial charge in [0.25, 0.3) is 11.8 Å². The van der Waals surface area contributed by atoms with Gasteiger partial charge in [-0.1, -0.05) is 0 Å². The van der Waals surface area contributed by atoms with E-state index in [0.29, 0.717) is 0 Å². The summed E-state index contributed by atoms with van der Waals surface area (Å²) in [5.74, 6) is -1.90. The Bertz CT molecular complexity index is 234. The van der Waals surface area contributed by atoms with E-state index < -0.39 is 24.3 Å². The maximum atomic E-state index is 11.7. The molecule has 0 aliphatic carbocycles. The molecule has 1 saturated heterocycles. The standard InChI is InChI=1S/C6H9F2N3O2/c1-11-2-3(5(12)10-11)9-6(13)4(7)8/h3-4H,2H2,1H3,(H,9,13)(H,10,12). The molecular formula is C6H9F2N3O2. The molecular weight excluding hydrogens is 184 g/mol. The second-order valence-electron chi connectivity index (χ2n) is 2.72. The van der Waals surface area contributed by atoms with Crippen LogP contribution in [0.5, 0.6) is 0 Å². The highest BCUT2D eigenvalue weighted by Crippen LogP contribution is 1.99. The highest BCUT2D eigenvalue weighted by molar-refractivity contribution is 5.89. The molecule has 1 aliphatic rings. The Balaban J connectivity index is 2.46. The summed E-state index contributed by atoms with van der Waals surface area (Å²) in [6.07, 6.45) is -3.08. The van der Waals surface area contributed by atoms with Crippen molar-refractivity contribution in [3.8, 4) is 0 Å². The number of carbonyl (C=O) groups excluding carboxylic acids is 2. The van der Waals surface area contributed by atoms with Crippen LogP contribution >= 0.6 is 0 Å². The van der Waals surface area contributed by atoms with Crippen LogP contribution in [-0.2, 0) is 9.59 Å². The largest absolute Gasteiger partial charge is 0.338 e. The number of hydrogen-bond acceptors (Lipinski definition) is 3. The minimum absolute atomic E-state index is 0.192. The average Bonchev–Trinajstić information content (AvgIpc) is 2.30.